The number of hydrogen-bond donors (Lipinski definition) is 1. The highest BCUT2D eigenvalue weighted by Gasteiger charge is 2.46. The Morgan fingerprint density at radius 1 is 1.17 bits per heavy atom. The Balaban J connectivity index is 1.37. The first kappa shape index (κ1) is 27.0. The fourth-order valence-corrected chi connectivity index (χ4v) is 4.88. The largest absolute Gasteiger partial charge is 0.478 e. The molecule has 1 atom stereocenters. The summed E-state index contributed by atoms with van der Waals surface area (Å²) in [4.78, 5) is 10.1. The van der Waals surface area contributed by atoms with Gasteiger partial charge in [-0.3, -0.25) is 4.98 Å². The number of fused-ring (bicyclic) bond motifs is 2. The third-order valence-corrected chi connectivity index (χ3v) is 6.97. The number of rotatable bonds is 7. The van der Waals surface area contributed by atoms with E-state index in [2.05, 4.69) is 36.9 Å². The molecule has 1 N–H and O–H groups in total. The molecule has 0 radical (unpaired) electrons. The van der Waals surface area contributed by atoms with Crippen molar-refractivity contribution in [2.45, 2.75) is 25.4 Å². The predicted molar refractivity (Wildman–Crippen MR) is 148 cm³/mol. The molecule has 4 aromatic heterocycles. The van der Waals surface area contributed by atoms with Crippen LogP contribution in [-0.4, -0.2) is 74.2 Å². The molecule has 0 amide bonds. The van der Waals surface area contributed by atoms with Gasteiger partial charge in [0, 0.05) is 37.1 Å². The van der Waals surface area contributed by atoms with Crippen LogP contribution in [-0.2, 0) is 0 Å². The second kappa shape index (κ2) is 10.7. The molecule has 5 aromatic rings. The zero-order valence-corrected chi connectivity index (χ0v) is 22.9. The van der Waals surface area contributed by atoms with E-state index >= 15 is 0 Å². The van der Waals surface area contributed by atoms with Gasteiger partial charge in [-0.05, 0) is 54.2 Å². The van der Waals surface area contributed by atoms with Crippen molar-refractivity contribution in [3.63, 3.8) is 0 Å². The van der Waals surface area contributed by atoms with E-state index in [9.17, 15) is 14.0 Å². The zero-order valence-electron chi connectivity index (χ0n) is 22.9. The van der Waals surface area contributed by atoms with Crippen LogP contribution in [0.15, 0.2) is 48.9 Å². The summed E-state index contributed by atoms with van der Waals surface area (Å²) >= 11 is 0. The highest BCUT2D eigenvalue weighted by Crippen LogP contribution is 2.43. The summed E-state index contributed by atoms with van der Waals surface area (Å²) < 4.78 is 49.0. The summed E-state index contributed by atoms with van der Waals surface area (Å²) in [6.45, 7) is 1.87. The Bertz CT molecular complexity index is 1840. The number of tetrazole rings is 1. The van der Waals surface area contributed by atoms with Crippen molar-refractivity contribution in [1.82, 2.24) is 34.9 Å². The number of anilines is 2. The topological polar surface area (TPSA) is 136 Å². The molecule has 1 fully saturated rings. The number of nitriles is 1. The van der Waals surface area contributed by atoms with Crippen LogP contribution in [0.1, 0.15) is 17.5 Å². The Morgan fingerprint density at radius 2 is 2.02 bits per heavy atom. The molecular formula is C28H25F2N9O3. The molecule has 42 heavy (non-hydrogen) atoms. The fourth-order valence-electron chi connectivity index (χ4n) is 4.88. The molecule has 12 nitrogen and oxygen atoms in total. The summed E-state index contributed by atoms with van der Waals surface area (Å²) in [6.07, 6.45) is 3.22. The molecule has 0 unspecified atom stereocenters. The molecule has 14 heteroatoms. The first-order valence-electron chi connectivity index (χ1n) is 13.0. The molecule has 0 saturated carbocycles. The number of methoxy groups -OCH3 is 1. The quantitative estimate of drug-likeness (QED) is 0.295. The minimum absolute atomic E-state index is 0.00799. The van der Waals surface area contributed by atoms with Crippen LogP contribution in [0.4, 0.5) is 20.2 Å². The monoisotopic (exact) mass is 573 g/mol. The van der Waals surface area contributed by atoms with Crippen molar-refractivity contribution < 1.29 is 23.0 Å². The molecule has 1 aliphatic heterocycles. The normalized spacial score (nSPS) is 16.7. The van der Waals surface area contributed by atoms with E-state index in [-0.39, 0.29) is 23.6 Å². The zero-order chi connectivity index (χ0) is 29.4. The maximum absolute atomic E-state index is 15.0. The Morgan fingerprint density at radius 3 is 2.79 bits per heavy atom. The number of nitrogens with zero attached hydrogens (tertiary/aromatic N) is 8. The molecule has 1 aliphatic rings. The SMILES string of the molecule is COc1ncc2ncc(C#N)c(Nc3ccc(Oc4ccn5nnnc5c4)c(C)c3)c2c1O[C@H]1CCN(C)CC1(F)F. The van der Waals surface area contributed by atoms with Crippen LogP contribution in [0.2, 0.25) is 0 Å². The minimum Gasteiger partial charge on any atom is -0.478 e. The summed E-state index contributed by atoms with van der Waals surface area (Å²) in [5, 5.41) is 24.9. The number of nitrogens with one attached hydrogen (secondary N) is 1. The van der Waals surface area contributed by atoms with Gasteiger partial charge >= 0.3 is 0 Å². The Kier molecular flexibility index (Phi) is 6.87. The molecule has 0 spiro atoms. The van der Waals surface area contributed by atoms with Crippen molar-refractivity contribution >= 4 is 27.9 Å². The molecule has 5 heterocycles. The smallest absolute Gasteiger partial charge is 0.296 e. The summed E-state index contributed by atoms with van der Waals surface area (Å²) in [5.74, 6) is -1.96. The lowest BCUT2D eigenvalue weighted by molar-refractivity contribution is -0.135. The van der Waals surface area contributed by atoms with E-state index in [4.69, 9.17) is 14.2 Å². The first-order chi connectivity index (χ1) is 20.3. The lowest BCUT2D eigenvalue weighted by Gasteiger charge is -2.36. The summed E-state index contributed by atoms with van der Waals surface area (Å²) in [7, 11) is 3.02. The Hall–Kier alpha value is -5.16. The van der Waals surface area contributed by atoms with E-state index in [1.165, 1.54) is 24.0 Å². The maximum Gasteiger partial charge on any atom is 0.296 e. The highest BCUT2D eigenvalue weighted by molar-refractivity contribution is 6.01. The lowest BCUT2D eigenvalue weighted by atomic mass is 10.0. The van der Waals surface area contributed by atoms with Gasteiger partial charge < -0.3 is 24.4 Å². The fraction of sp³-hybridized carbons (Fsp3) is 0.286. The molecular weight excluding hydrogens is 548 g/mol. The van der Waals surface area contributed by atoms with Crippen molar-refractivity contribution in [1.29, 1.82) is 5.26 Å². The summed E-state index contributed by atoms with van der Waals surface area (Å²) in [6, 6.07) is 11.0. The lowest BCUT2D eigenvalue weighted by Crippen LogP contribution is -2.52. The number of aryl methyl sites for hydroxylation is 1. The Labute approximate surface area is 238 Å². The maximum atomic E-state index is 15.0. The number of halogens is 2. The van der Waals surface area contributed by atoms with Gasteiger partial charge in [0.25, 0.3) is 11.8 Å². The van der Waals surface area contributed by atoms with Gasteiger partial charge in [0.15, 0.2) is 17.5 Å². The van der Waals surface area contributed by atoms with Crippen molar-refractivity contribution in [2.75, 3.05) is 32.6 Å². The number of likely N-dealkylation sites (tertiary alicyclic amines) is 1. The van der Waals surface area contributed by atoms with E-state index in [1.54, 1.807) is 42.4 Å². The molecule has 6 rings (SSSR count). The van der Waals surface area contributed by atoms with E-state index in [1.807, 2.05) is 13.0 Å². The average Bonchev–Trinajstić information content (AvgIpc) is 3.44. The number of ether oxygens (including phenoxy) is 3. The van der Waals surface area contributed by atoms with Crippen molar-refractivity contribution in [2.24, 2.45) is 0 Å². The third kappa shape index (κ3) is 5.06. The van der Waals surface area contributed by atoms with Crippen LogP contribution in [0, 0.1) is 18.3 Å². The first-order valence-corrected chi connectivity index (χ1v) is 13.0. The van der Waals surface area contributed by atoms with Crippen LogP contribution in [0.25, 0.3) is 16.6 Å². The van der Waals surface area contributed by atoms with Crippen molar-refractivity contribution in [3.05, 3.63) is 60.0 Å². The highest BCUT2D eigenvalue weighted by atomic mass is 19.3. The van der Waals surface area contributed by atoms with Gasteiger partial charge in [-0.25, -0.2) is 18.3 Å². The third-order valence-electron chi connectivity index (χ3n) is 6.97. The summed E-state index contributed by atoms with van der Waals surface area (Å²) in [5.41, 5.74) is 2.80. The molecule has 0 bridgehead atoms. The van der Waals surface area contributed by atoms with Gasteiger partial charge in [-0.15, -0.1) is 5.10 Å². The number of pyridine rings is 3. The van der Waals surface area contributed by atoms with Crippen LogP contribution in [0.5, 0.6) is 23.1 Å². The predicted octanol–water partition coefficient (Wildman–Crippen LogP) is 4.51. The van der Waals surface area contributed by atoms with Gasteiger partial charge in [0.05, 0.1) is 42.0 Å². The number of piperidine rings is 1. The average molecular weight is 574 g/mol. The molecule has 1 saturated heterocycles. The van der Waals surface area contributed by atoms with Gasteiger partial charge in [-0.1, -0.05) is 0 Å². The van der Waals surface area contributed by atoms with E-state index < -0.39 is 18.6 Å². The molecule has 214 valence electrons. The van der Waals surface area contributed by atoms with E-state index in [0.29, 0.717) is 46.0 Å². The van der Waals surface area contributed by atoms with Crippen LogP contribution >= 0.6 is 0 Å². The van der Waals surface area contributed by atoms with Gasteiger partial charge in [0.1, 0.15) is 17.6 Å². The minimum atomic E-state index is -3.11. The second-order valence-corrected chi connectivity index (χ2v) is 9.96. The molecule has 0 aliphatic carbocycles. The van der Waals surface area contributed by atoms with Gasteiger partial charge in [-0.2, -0.15) is 5.26 Å². The number of alkyl halides is 2. The van der Waals surface area contributed by atoms with Gasteiger partial charge in [0.2, 0.25) is 0 Å². The van der Waals surface area contributed by atoms with Crippen molar-refractivity contribution in [3.8, 4) is 29.2 Å². The van der Waals surface area contributed by atoms with Crippen LogP contribution < -0.4 is 19.5 Å². The second-order valence-electron chi connectivity index (χ2n) is 9.96. The standard InChI is InChI=1S/C28H25F2N9O3/c1-16-10-18(4-5-21(16)41-19-6-9-39-23(11-19)35-36-37-39)34-25-17(12-31)13-32-20-14-33-27(40-3)26(24(20)25)42-22-7-8-38(2)15-28(22,29)30/h4-6,9-11,13-14,22H,7-8,15H2,1-3H3,(H,32,34)/t22-/m0/s1. The number of hydrogen-bond acceptors (Lipinski definition) is 11. The number of aromatic nitrogens is 6. The van der Waals surface area contributed by atoms with Crippen LogP contribution in [0.3, 0.4) is 0 Å². The van der Waals surface area contributed by atoms with E-state index in [0.717, 1.165) is 5.56 Å². The number of benzene rings is 1. The molecule has 1 aromatic carbocycles.